The first kappa shape index (κ1) is 14.2. The molecule has 1 aromatic rings. The number of benzene rings is 1. The van der Waals surface area contributed by atoms with Gasteiger partial charge in [-0.05, 0) is 31.5 Å². The van der Waals surface area contributed by atoms with E-state index in [1.807, 2.05) is 18.2 Å². The van der Waals surface area contributed by atoms with Gasteiger partial charge in [0.25, 0.3) is 0 Å². The van der Waals surface area contributed by atoms with E-state index in [9.17, 15) is 0 Å². The summed E-state index contributed by atoms with van der Waals surface area (Å²) in [6.07, 6.45) is 2.75. The Kier molecular flexibility index (Phi) is 4.68. The van der Waals surface area contributed by atoms with Gasteiger partial charge in [0.05, 0.1) is 12.7 Å². The molecular formula is C15H19ClN2O. The first-order valence-corrected chi connectivity index (χ1v) is 7.06. The van der Waals surface area contributed by atoms with Crippen molar-refractivity contribution in [3.8, 4) is 11.8 Å². The first-order chi connectivity index (χ1) is 9.21. The molecule has 102 valence electrons. The first-order valence-electron chi connectivity index (χ1n) is 6.68. The van der Waals surface area contributed by atoms with Crippen molar-refractivity contribution in [1.29, 1.82) is 5.26 Å². The van der Waals surface area contributed by atoms with E-state index in [0.717, 1.165) is 35.7 Å². The van der Waals surface area contributed by atoms with Crippen LogP contribution in [0.4, 0.5) is 0 Å². The van der Waals surface area contributed by atoms with Crippen LogP contribution >= 0.6 is 11.6 Å². The minimum absolute atomic E-state index is 0.0898. The van der Waals surface area contributed by atoms with Gasteiger partial charge in [-0.2, -0.15) is 5.26 Å². The van der Waals surface area contributed by atoms with E-state index < -0.39 is 0 Å². The number of nitrogens with one attached hydrogen (secondary N) is 1. The molecule has 1 aliphatic rings. The van der Waals surface area contributed by atoms with Crippen molar-refractivity contribution in [3.05, 3.63) is 28.8 Å². The van der Waals surface area contributed by atoms with E-state index in [-0.39, 0.29) is 5.41 Å². The SMILES string of the molecule is CCNCc1c(Cl)cccc1OCC1(CC#N)CC1. The van der Waals surface area contributed by atoms with Crippen molar-refractivity contribution in [3.63, 3.8) is 0 Å². The number of halogens is 1. The number of hydrogen-bond donors (Lipinski definition) is 1. The summed E-state index contributed by atoms with van der Waals surface area (Å²) >= 11 is 6.22. The van der Waals surface area contributed by atoms with Crippen LogP contribution in [0, 0.1) is 16.7 Å². The second-order valence-corrected chi connectivity index (χ2v) is 5.53. The highest BCUT2D eigenvalue weighted by Gasteiger charge is 2.43. The van der Waals surface area contributed by atoms with Crippen LogP contribution in [0.5, 0.6) is 5.75 Å². The number of rotatable bonds is 7. The largest absolute Gasteiger partial charge is 0.493 e. The van der Waals surface area contributed by atoms with Crippen LogP contribution in [0.25, 0.3) is 0 Å². The highest BCUT2D eigenvalue weighted by atomic mass is 35.5. The van der Waals surface area contributed by atoms with Gasteiger partial charge in [0, 0.05) is 29.0 Å². The van der Waals surface area contributed by atoms with E-state index >= 15 is 0 Å². The van der Waals surface area contributed by atoms with Crippen LogP contribution in [-0.2, 0) is 6.54 Å². The van der Waals surface area contributed by atoms with Gasteiger partial charge in [0.2, 0.25) is 0 Å². The molecule has 0 aromatic heterocycles. The van der Waals surface area contributed by atoms with Gasteiger partial charge in [0.15, 0.2) is 0 Å². The maximum Gasteiger partial charge on any atom is 0.125 e. The van der Waals surface area contributed by atoms with E-state index in [1.165, 1.54) is 0 Å². The quantitative estimate of drug-likeness (QED) is 0.830. The fourth-order valence-electron chi connectivity index (χ4n) is 2.04. The molecule has 4 heteroatoms. The van der Waals surface area contributed by atoms with E-state index in [1.54, 1.807) is 0 Å². The second-order valence-electron chi connectivity index (χ2n) is 5.12. The van der Waals surface area contributed by atoms with Crippen LogP contribution < -0.4 is 10.1 Å². The summed E-state index contributed by atoms with van der Waals surface area (Å²) in [7, 11) is 0. The van der Waals surface area contributed by atoms with Crippen molar-refractivity contribution in [1.82, 2.24) is 5.32 Å². The molecule has 0 atom stereocenters. The number of nitrogens with zero attached hydrogens (tertiary/aromatic N) is 1. The second kappa shape index (κ2) is 6.27. The molecular weight excluding hydrogens is 260 g/mol. The van der Waals surface area contributed by atoms with Crippen molar-refractivity contribution in [2.45, 2.75) is 32.7 Å². The Hall–Kier alpha value is -1.24. The van der Waals surface area contributed by atoms with Gasteiger partial charge in [-0.3, -0.25) is 0 Å². The van der Waals surface area contributed by atoms with Gasteiger partial charge in [-0.25, -0.2) is 0 Å². The van der Waals surface area contributed by atoms with Gasteiger partial charge < -0.3 is 10.1 Å². The molecule has 0 heterocycles. The van der Waals surface area contributed by atoms with Crippen LogP contribution in [0.3, 0.4) is 0 Å². The zero-order valence-corrected chi connectivity index (χ0v) is 12.0. The molecule has 0 spiro atoms. The lowest BCUT2D eigenvalue weighted by Gasteiger charge is -2.16. The normalized spacial score (nSPS) is 15.8. The van der Waals surface area contributed by atoms with Gasteiger partial charge in [0.1, 0.15) is 5.75 Å². The predicted molar refractivity (Wildman–Crippen MR) is 76.2 cm³/mol. The smallest absolute Gasteiger partial charge is 0.125 e. The van der Waals surface area contributed by atoms with Gasteiger partial charge in [-0.15, -0.1) is 0 Å². The summed E-state index contributed by atoms with van der Waals surface area (Å²) in [5, 5.41) is 12.8. The van der Waals surface area contributed by atoms with Crippen LogP contribution in [0.2, 0.25) is 5.02 Å². The minimum Gasteiger partial charge on any atom is -0.493 e. The molecule has 1 saturated carbocycles. The third-order valence-corrected chi connectivity index (χ3v) is 3.93. The van der Waals surface area contributed by atoms with Crippen LogP contribution in [-0.4, -0.2) is 13.2 Å². The monoisotopic (exact) mass is 278 g/mol. The molecule has 0 bridgehead atoms. The molecule has 1 fully saturated rings. The number of nitriles is 1. The average Bonchev–Trinajstić information content (AvgIpc) is 3.16. The van der Waals surface area contributed by atoms with Crippen molar-refractivity contribution in [2.24, 2.45) is 5.41 Å². The molecule has 0 aliphatic heterocycles. The number of hydrogen-bond acceptors (Lipinski definition) is 3. The zero-order chi connectivity index (χ0) is 13.7. The Morgan fingerprint density at radius 2 is 2.26 bits per heavy atom. The Balaban J connectivity index is 2.03. The third-order valence-electron chi connectivity index (χ3n) is 3.57. The summed E-state index contributed by atoms with van der Waals surface area (Å²) in [6, 6.07) is 7.97. The summed E-state index contributed by atoms with van der Waals surface area (Å²) in [5.74, 6) is 0.831. The molecule has 2 rings (SSSR count). The Bertz CT molecular complexity index is 478. The Morgan fingerprint density at radius 3 is 2.89 bits per heavy atom. The maximum absolute atomic E-state index is 8.82. The lowest BCUT2D eigenvalue weighted by molar-refractivity contribution is 0.234. The van der Waals surface area contributed by atoms with Crippen LogP contribution in [0.15, 0.2) is 18.2 Å². The summed E-state index contributed by atoms with van der Waals surface area (Å²) in [6.45, 7) is 4.27. The van der Waals surface area contributed by atoms with Gasteiger partial charge >= 0.3 is 0 Å². The standard InChI is InChI=1S/C15H19ClN2O/c1-2-18-10-12-13(16)4-3-5-14(12)19-11-15(6-7-15)8-9-17/h3-5,18H,2,6-8,10-11H2,1H3. The molecule has 1 aromatic carbocycles. The molecule has 1 aliphatic carbocycles. The Labute approximate surface area is 119 Å². The highest BCUT2D eigenvalue weighted by Crippen LogP contribution is 2.48. The lowest BCUT2D eigenvalue weighted by Crippen LogP contribution is -2.16. The maximum atomic E-state index is 8.82. The van der Waals surface area contributed by atoms with E-state index in [4.69, 9.17) is 21.6 Å². The van der Waals surface area contributed by atoms with E-state index in [2.05, 4.69) is 18.3 Å². The molecule has 0 radical (unpaired) electrons. The average molecular weight is 279 g/mol. The topological polar surface area (TPSA) is 45.0 Å². The summed E-state index contributed by atoms with van der Waals surface area (Å²) < 4.78 is 5.92. The summed E-state index contributed by atoms with van der Waals surface area (Å²) in [4.78, 5) is 0. The molecule has 0 saturated heterocycles. The van der Waals surface area contributed by atoms with Crippen molar-refractivity contribution in [2.75, 3.05) is 13.2 Å². The fourth-order valence-corrected chi connectivity index (χ4v) is 2.28. The van der Waals surface area contributed by atoms with Gasteiger partial charge in [-0.1, -0.05) is 24.6 Å². The van der Waals surface area contributed by atoms with E-state index in [0.29, 0.717) is 19.6 Å². The zero-order valence-electron chi connectivity index (χ0n) is 11.2. The van der Waals surface area contributed by atoms with Crippen molar-refractivity contribution < 1.29 is 4.74 Å². The Morgan fingerprint density at radius 1 is 1.47 bits per heavy atom. The predicted octanol–water partition coefficient (Wildman–Crippen LogP) is 3.52. The molecule has 1 N–H and O–H groups in total. The molecule has 3 nitrogen and oxygen atoms in total. The number of ether oxygens (including phenoxy) is 1. The van der Waals surface area contributed by atoms with Crippen molar-refractivity contribution >= 4 is 11.6 Å². The molecule has 0 amide bonds. The third kappa shape index (κ3) is 3.62. The molecule has 0 unspecified atom stereocenters. The summed E-state index contributed by atoms with van der Waals surface area (Å²) in [5.41, 5.74) is 1.09. The fraction of sp³-hybridized carbons (Fsp3) is 0.533. The molecule has 19 heavy (non-hydrogen) atoms. The highest BCUT2D eigenvalue weighted by molar-refractivity contribution is 6.31. The lowest BCUT2D eigenvalue weighted by atomic mass is 10.1. The van der Waals surface area contributed by atoms with Crippen LogP contribution in [0.1, 0.15) is 31.7 Å². The minimum atomic E-state index is 0.0898.